The molecule has 0 fully saturated rings. The summed E-state index contributed by atoms with van der Waals surface area (Å²) in [6.07, 6.45) is 0. The third kappa shape index (κ3) is 1.94. The van der Waals surface area contributed by atoms with Gasteiger partial charge in [-0.05, 0) is 0 Å². The lowest BCUT2D eigenvalue weighted by atomic mass is 10.4. The van der Waals surface area contributed by atoms with Crippen molar-refractivity contribution in [2.24, 2.45) is 0 Å². The average Bonchev–Trinajstić information content (AvgIpc) is 2.47. The maximum atomic E-state index is 11.6. The van der Waals surface area contributed by atoms with Gasteiger partial charge in [0, 0.05) is 6.54 Å². The summed E-state index contributed by atoms with van der Waals surface area (Å²) in [5.74, 6) is -0.751. The SMILES string of the molecule is O=C(NCCF)c1cc(=O)[nH]o1. The molecular formula is C6H7FN2O3. The molecule has 0 atom stereocenters. The van der Waals surface area contributed by atoms with Crippen LogP contribution in [0.3, 0.4) is 0 Å². The molecule has 0 spiro atoms. The molecule has 1 rings (SSSR count). The van der Waals surface area contributed by atoms with E-state index < -0.39 is 18.1 Å². The highest BCUT2D eigenvalue weighted by atomic mass is 19.1. The molecule has 0 saturated carbocycles. The third-order valence-electron chi connectivity index (χ3n) is 1.13. The van der Waals surface area contributed by atoms with Crippen LogP contribution >= 0.6 is 0 Å². The van der Waals surface area contributed by atoms with E-state index in [-0.39, 0.29) is 12.3 Å². The molecule has 1 aromatic heterocycles. The lowest BCUT2D eigenvalue weighted by molar-refractivity contribution is 0.0914. The molecule has 1 aromatic rings. The van der Waals surface area contributed by atoms with E-state index in [0.29, 0.717) is 0 Å². The van der Waals surface area contributed by atoms with Gasteiger partial charge in [-0.3, -0.25) is 9.59 Å². The van der Waals surface area contributed by atoms with E-state index in [1.54, 1.807) is 0 Å². The molecule has 66 valence electrons. The van der Waals surface area contributed by atoms with Crippen molar-refractivity contribution in [3.63, 3.8) is 0 Å². The molecule has 0 aliphatic heterocycles. The zero-order chi connectivity index (χ0) is 8.97. The normalized spacial score (nSPS) is 9.75. The van der Waals surface area contributed by atoms with Crippen molar-refractivity contribution in [2.75, 3.05) is 13.2 Å². The Morgan fingerprint density at radius 1 is 1.75 bits per heavy atom. The zero-order valence-electron chi connectivity index (χ0n) is 6.09. The van der Waals surface area contributed by atoms with Gasteiger partial charge in [-0.1, -0.05) is 0 Å². The van der Waals surface area contributed by atoms with Crippen LogP contribution < -0.4 is 10.9 Å². The van der Waals surface area contributed by atoms with E-state index >= 15 is 0 Å². The second-order valence-electron chi connectivity index (χ2n) is 2.02. The van der Waals surface area contributed by atoms with E-state index in [9.17, 15) is 14.0 Å². The summed E-state index contributed by atoms with van der Waals surface area (Å²) in [5, 5.41) is 4.14. The van der Waals surface area contributed by atoms with Gasteiger partial charge in [-0.25, -0.2) is 4.39 Å². The minimum atomic E-state index is -0.652. The second kappa shape index (κ2) is 3.70. The Kier molecular flexibility index (Phi) is 2.62. The molecule has 0 aromatic carbocycles. The Labute approximate surface area is 66.5 Å². The molecule has 12 heavy (non-hydrogen) atoms. The van der Waals surface area contributed by atoms with Gasteiger partial charge in [0.2, 0.25) is 5.76 Å². The van der Waals surface area contributed by atoms with E-state index in [1.165, 1.54) is 0 Å². The lowest BCUT2D eigenvalue weighted by Gasteiger charge is -1.95. The van der Waals surface area contributed by atoms with Crippen LogP contribution in [0.1, 0.15) is 10.6 Å². The molecule has 1 amide bonds. The van der Waals surface area contributed by atoms with Gasteiger partial charge in [0.25, 0.3) is 11.5 Å². The fraction of sp³-hybridized carbons (Fsp3) is 0.333. The number of amides is 1. The van der Waals surface area contributed by atoms with Crippen molar-refractivity contribution in [1.29, 1.82) is 0 Å². The summed E-state index contributed by atoms with van der Waals surface area (Å²) >= 11 is 0. The van der Waals surface area contributed by atoms with Crippen molar-refractivity contribution in [3.8, 4) is 0 Å². The summed E-state index contributed by atoms with van der Waals surface area (Å²) in [6.45, 7) is -0.742. The molecule has 0 aliphatic rings. The zero-order valence-corrected chi connectivity index (χ0v) is 6.09. The Hall–Kier alpha value is -1.59. The summed E-state index contributed by atoms with van der Waals surface area (Å²) in [4.78, 5) is 21.4. The van der Waals surface area contributed by atoms with Crippen LogP contribution in [0.2, 0.25) is 0 Å². The average molecular weight is 174 g/mol. The van der Waals surface area contributed by atoms with Gasteiger partial charge >= 0.3 is 0 Å². The first-order valence-electron chi connectivity index (χ1n) is 3.26. The van der Waals surface area contributed by atoms with Crippen LogP contribution in [-0.2, 0) is 0 Å². The molecule has 2 N–H and O–H groups in total. The van der Waals surface area contributed by atoms with Crippen LogP contribution in [0.25, 0.3) is 0 Å². The monoisotopic (exact) mass is 174 g/mol. The molecule has 0 aliphatic carbocycles. The quantitative estimate of drug-likeness (QED) is 0.658. The summed E-state index contributed by atoms with van der Waals surface area (Å²) in [6, 6.07) is 0.994. The lowest BCUT2D eigenvalue weighted by Crippen LogP contribution is -2.25. The summed E-state index contributed by atoms with van der Waals surface area (Å²) in [5.41, 5.74) is -0.500. The number of H-pyrrole nitrogens is 1. The number of carbonyl (C=O) groups excluding carboxylic acids is 1. The number of nitrogens with one attached hydrogen (secondary N) is 2. The van der Waals surface area contributed by atoms with Crippen molar-refractivity contribution in [2.45, 2.75) is 0 Å². The molecule has 5 nitrogen and oxygen atoms in total. The number of carbonyl (C=O) groups is 1. The first-order valence-corrected chi connectivity index (χ1v) is 3.26. The van der Waals surface area contributed by atoms with Crippen LogP contribution in [0.4, 0.5) is 4.39 Å². The van der Waals surface area contributed by atoms with Gasteiger partial charge < -0.3 is 9.84 Å². The van der Waals surface area contributed by atoms with Gasteiger partial charge in [0.1, 0.15) is 6.67 Å². The fourth-order valence-corrected chi connectivity index (χ4v) is 0.643. The van der Waals surface area contributed by atoms with Gasteiger partial charge in [0.15, 0.2) is 0 Å². The number of aromatic amines is 1. The van der Waals surface area contributed by atoms with Crippen LogP contribution in [-0.4, -0.2) is 24.3 Å². The van der Waals surface area contributed by atoms with Gasteiger partial charge in [-0.2, -0.15) is 5.16 Å². The molecule has 0 radical (unpaired) electrons. The predicted molar refractivity (Wildman–Crippen MR) is 37.6 cm³/mol. The highest BCUT2D eigenvalue weighted by Crippen LogP contribution is 1.90. The molecule has 6 heteroatoms. The fourth-order valence-electron chi connectivity index (χ4n) is 0.643. The Bertz CT molecular complexity index is 317. The molecule has 0 bridgehead atoms. The minimum absolute atomic E-state index is 0.0896. The standard InChI is InChI=1S/C6H7FN2O3/c7-1-2-8-6(11)4-3-5(10)9-12-4/h3H,1-2H2,(H,8,11)(H,9,10). The van der Waals surface area contributed by atoms with Crippen LogP contribution in [0.5, 0.6) is 0 Å². The van der Waals surface area contributed by atoms with Crippen LogP contribution in [0, 0.1) is 0 Å². The Morgan fingerprint density at radius 2 is 2.50 bits per heavy atom. The first-order chi connectivity index (χ1) is 5.74. The van der Waals surface area contributed by atoms with E-state index in [2.05, 4.69) is 9.84 Å². The summed E-state index contributed by atoms with van der Waals surface area (Å²) < 4.78 is 16.0. The van der Waals surface area contributed by atoms with Gasteiger partial charge in [-0.15, -0.1) is 0 Å². The first kappa shape index (κ1) is 8.51. The van der Waals surface area contributed by atoms with E-state index in [4.69, 9.17) is 0 Å². The highest BCUT2D eigenvalue weighted by Gasteiger charge is 2.09. The van der Waals surface area contributed by atoms with Crippen molar-refractivity contribution >= 4 is 5.91 Å². The maximum Gasteiger partial charge on any atom is 0.290 e. The van der Waals surface area contributed by atoms with Gasteiger partial charge in [0.05, 0.1) is 6.07 Å². The highest BCUT2D eigenvalue weighted by molar-refractivity contribution is 5.91. The molecule has 0 unspecified atom stereocenters. The van der Waals surface area contributed by atoms with E-state index in [1.807, 2.05) is 5.16 Å². The van der Waals surface area contributed by atoms with Crippen LogP contribution in [0.15, 0.2) is 15.4 Å². The smallest absolute Gasteiger partial charge is 0.290 e. The predicted octanol–water partition coefficient (Wildman–Crippen LogP) is -0.333. The maximum absolute atomic E-state index is 11.6. The Balaban J connectivity index is 2.59. The third-order valence-corrected chi connectivity index (χ3v) is 1.13. The van der Waals surface area contributed by atoms with E-state index in [0.717, 1.165) is 6.07 Å². The molecule has 1 heterocycles. The second-order valence-corrected chi connectivity index (χ2v) is 2.02. The Morgan fingerprint density at radius 3 is 3.00 bits per heavy atom. The number of aromatic nitrogens is 1. The largest absolute Gasteiger partial charge is 0.373 e. The van der Waals surface area contributed by atoms with Crippen molar-refractivity contribution in [3.05, 3.63) is 22.2 Å². The van der Waals surface area contributed by atoms with Crippen molar-refractivity contribution in [1.82, 2.24) is 10.5 Å². The van der Waals surface area contributed by atoms with Crippen molar-refractivity contribution < 1.29 is 13.7 Å². The minimum Gasteiger partial charge on any atom is -0.373 e. The number of hydrogen-bond acceptors (Lipinski definition) is 3. The number of halogens is 1. The number of hydrogen-bond donors (Lipinski definition) is 2. The number of alkyl halides is 1. The summed E-state index contributed by atoms with van der Waals surface area (Å²) in [7, 11) is 0. The number of rotatable bonds is 3. The topological polar surface area (TPSA) is 75.1 Å². The molecular weight excluding hydrogens is 167 g/mol. The molecule has 0 saturated heterocycles.